The lowest BCUT2D eigenvalue weighted by Crippen LogP contribution is -2.46. The molecule has 0 aromatic heterocycles. The van der Waals surface area contributed by atoms with E-state index in [9.17, 15) is 0 Å². The molecular formula is C13H28N2. The molecule has 0 heterocycles. The van der Waals surface area contributed by atoms with Crippen LogP contribution in [-0.2, 0) is 0 Å². The molecule has 0 bridgehead atoms. The van der Waals surface area contributed by atoms with Crippen molar-refractivity contribution in [1.29, 1.82) is 0 Å². The van der Waals surface area contributed by atoms with Gasteiger partial charge in [-0.15, -0.1) is 0 Å². The predicted octanol–water partition coefficient (Wildman–Crippen LogP) is 2.59. The van der Waals surface area contributed by atoms with Gasteiger partial charge in [0.15, 0.2) is 0 Å². The molecule has 0 amide bonds. The minimum atomic E-state index is 0.807. The summed E-state index contributed by atoms with van der Waals surface area (Å²) in [7, 11) is 4.60. The van der Waals surface area contributed by atoms with E-state index in [-0.39, 0.29) is 0 Å². The van der Waals surface area contributed by atoms with Gasteiger partial charge in [-0.2, -0.15) is 0 Å². The minimum Gasteiger partial charge on any atom is -0.302 e. The first-order valence-corrected chi connectivity index (χ1v) is 6.61. The van der Waals surface area contributed by atoms with E-state index in [4.69, 9.17) is 0 Å². The van der Waals surface area contributed by atoms with Gasteiger partial charge in [-0.05, 0) is 52.9 Å². The highest BCUT2D eigenvalue weighted by Gasteiger charge is 2.32. The second kappa shape index (κ2) is 6.49. The maximum atomic E-state index is 2.57. The Hall–Kier alpha value is -0.0800. The van der Waals surface area contributed by atoms with E-state index in [0.717, 1.165) is 12.1 Å². The van der Waals surface area contributed by atoms with Gasteiger partial charge in [0.2, 0.25) is 0 Å². The Morgan fingerprint density at radius 3 is 1.60 bits per heavy atom. The van der Waals surface area contributed by atoms with Crippen LogP contribution in [0.5, 0.6) is 0 Å². The lowest BCUT2D eigenvalue weighted by molar-refractivity contribution is 0.134. The van der Waals surface area contributed by atoms with Crippen molar-refractivity contribution in [2.45, 2.75) is 58.0 Å². The molecule has 1 fully saturated rings. The monoisotopic (exact) mass is 212 g/mol. The quantitative estimate of drug-likeness (QED) is 0.668. The smallest absolute Gasteiger partial charge is 0.0248 e. The molecule has 0 aromatic rings. The molecule has 0 spiro atoms. The Morgan fingerprint density at radius 2 is 1.27 bits per heavy atom. The van der Waals surface area contributed by atoms with Crippen molar-refractivity contribution in [3.63, 3.8) is 0 Å². The van der Waals surface area contributed by atoms with Crippen LogP contribution in [0.2, 0.25) is 0 Å². The van der Waals surface area contributed by atoms with Gasteiger partial charge >= 0.3 is 0 Å². The lowest BCUT2D eigenvalue weighted by atomic mass is 10.1. The summed E-state index contributed by atoms with van der Waals surface area (Å²) in [4.78, 5) is 5.15. The summed E-state index contributed by atoms with van der Waals surface area (Å²) in [5.74, 6) is 0. The van der Waals surface area contributed by atoms with Gasteiger partial charge < -0.3 is 9.80 Å². The van der Waals surface area contributed by atoms with Crippen molar-refractivity contribution in [1.82, 2.24) is 9.80 Å². The molecule has 2 nitrogen and oxygen atoms in total. The molecule has 1 aliphatic carbocycles. The standard InChI is InChI=1S/C13H28N2/c1-5-10-14(3)12-8-7-9-13(12)15(4)11-6-2/h12-13H,5-11H2,1-4H3. The molecule has 0 aromatic carbocycles. The van der Waals surface area contributed by atoms with E-state index in [1.165, 1.54) is 45.2 Å². The molecule has 2 heteroatoms. The zero-order valence-electron chi connectivity index (χ0n) is 11.0. The first-order valence-electron chi connectivity index (χ1n) is 6.61. The molecular weight excluding hydrogens is 184 g/mol. The van der Waals surface area contributed by atoms with Crippen LogP contribution in [0.15, 0.2) is 0 Å². The largest absolute Gasteiger partial charge is 0.302 e. The average molecular weight is 212 g/mol. The summed E-state index contributed by atoms with van der Waals surface area (Å²) >= 11 is 0. The number of nitrogens with zero attached hydrogens (tertiary/aromatic N) is 2. The zero-order valence-corrected chi connectivity index (χ0v) is 11.0. The summed E-state index contributed by atoms with van der Waals surface area (Å²) in [6.45, 7) is 7.05. The Balaban J connectivity index is 2.48. The second-order valence-electron chi connectivity index (χ2n) is 5.03. The van der Waals surface area contributed by atoms with Crippen LogP contribution in [0.3, 0.4) is 0 Å². The van der Waals surface area contributed by atoms with E-state index in [1.807, 2.05) is 0 Å². The van der Waals surface area contributed by atoms with Crippen LogP contribution in [-0.4, -0.2) is 49.1 Å². The van der Waals surface area contributed by atoms with Gasteiger partial charge in [0.05, 0.1) is 0 Å². The Labute approximate surface area is 95.6 Å². The topological polar surface area (TPSA) is 6.48 Å². The van der Waals surface area contributed by atoms with Gasteiger partial charge in [-0.1, -0.05) is 20.3 Å². The second-order valence-corrected chi connectivity index (χ2v) is 5.03. The Bertz CT molecular complexity index is 152. The molecule has 0 N–H and O–H groups in total. The lowest BCUT2D eigenvalue weighted by Gasteiger charge is -2.35. The fourth-order valence-electron chi connectivity index (χ4n) is 2.99. The molecule has 2 unspecified atom stereocenters. The summed E-state index contributed by atoms with van der Waals surface area (Å²) < 4.78 is 0. The third-order valence-electron chi connectivity index (χ3n) is 3.73. The number of hydrogen-bond donors (Lipinski definition) is 0. The summed E-state index contributed by atoms with van der Waals surface area (Å²) in [6.07, 6.45) is 6.76. The SMILES string of the molecule is CCCN(C)C1CCCC1N(C)CCC. The van der Waals surface area contributed by atoms with Crippen molar-refractivity contribution >= 4 is 0 Å². The molecule has 15 heavy (non-hydrogen) atoms. The van der Waals surface area contributed by atoms with Crippen LogP contribution in [0.25, 0.3) is 0 Å². The minimum absolute atomic E-state index is 0.807. The van der Waals surface area contributed by atoms with Crippen LogP contribution in [0, 0.1) is 0 Å². The zero-order chi connectivity index (χ0) is 11.3. The van der Waals surface area contributed by atoms with Crippen LogP contribution in [0.1, 0.15) is 46.0 Å². The number of rotatable bonds is 6. The third kappa shape index (κ3) is 3.46. The molecule has 90 valence electrons. The molecule has 0 saturated heterocycles. The van der Waals surface area contributed by atoms with E-state index < -0.39 is 0 Å². The number of likely N-dealkylation sites (N-methyl/N-ethyl adjacent to an activating group) is 2. The molecule has 0 aliphatic heterocycles. The van der Waals surface area contributed by atoms with E-state index in [0.29, 0.717) is 0 Å². The predicted molar refractivity (Wildman–Crippen MR) is 67.3 cm³/mol. The van der Waals surface area contributed by atoms with Crippen molar-refractivity contribution in [2.24, 2.45) is 0 Å². The molecule has 2 atom stereocenters. The third-order valence-corrected chi connectivity index (χ3v) is 3.73. The van der Waals surface area contributed by atoms with Gasteiger partial charge in [-0.3, -0.25) is 0 Å². The maximum absolute atomic E-state index is 2.57. The molecule has 1 rings (SSSR count). The highest BCUT2D eigenvalue weighted by atomic mass is 15.2. The van der Waals surface area contributed by atoms with Crippen molar-refractivity contribution < 1.29 is 0 Å². The van der Waals surface area contributed by atoms with Crippen molar-refractivity contribution in [3.8, 4) is 0 Å². The Morgan fingerprint density at radius 1 is 0.867 bits per heavy atom. The van der Waals surface area contributed by atoms with Gasteiger partial charge in [0, 0.05) is 12.1 Å². The normalized spacial score (nSPS) is 26.8. The van der Waals surface area contributed by atoms with Gasteiger partial charge in [0.25, 0.3) is 0 Å². The van der Waals surface area contributed by atoms with Gasteiger partial charge in [0.1, 0.15) is 0 Å². The highest BCUT2D eigenvalue weighted by Crippen LogP contribution is 2.27. The first kappa shape index (κ1) is 13.0. The van der Waals surface area contributed by atoms with E-state index in [1.54, 1.807) is 0 Å². The van der Waals surface area contributed by atoms with Crippen molar-refractivity contribution in [2.75, 3.05) is 27.2 Å². The fourth-order valence-corrected chi connectivity index (χ4v) is 2.99. The van der Waals surface area contributed by atoms with Crippen LogP contribution >= 0.6 is 0 Å². The van der Waals surface area contributed by atoms with Crippen LogP contribution in [0.4, 0.5) is 0 Å². The van der Waals surface area contributed by atoms with E-state index in [2.05, 4.69) is 37.7 Å². The highest BCUT2D eigenvalue weighted by molar-refractivity contribution is 4.89. The molecule has 0 radical (unpaired) electrons. The maximum Gasteiger partial charge on any atom is 0.0248 e. The average Bonchev–Trinajstić information content (AvgIpc) is 2.66. The molecule has 1 saturated carbocycles. The van der Waals surface area contributed by atoms with Crippen molar-refractivity contribution in [3.05, 3.63) is 0 Å². The van der Waals surface area contributed by atoms with E-state index >= 15 is 0 Å². The fraction of sp³-hybridized carbons (Fsp3) is 1.00. The number of hydrogen-bond acceptors (Lipinski definition) is 2. The Kier molecular flexibility index (Phi) is 5.62. The summed E-state index contributed by atoms with van der Waals surface area (Å²) in [6, 6.07) is 1.61. The molecule has 1 aliphatic rings. The first-order chi connectivity index (χ1) is 7.20. The van der Waals surface area contributed by atoms with Crippen LogP contribution < -0.4 is 0 Å². The summed E-state index contributed by atoms with van der Waals surface area (Å²) in [5, 5.41) is 0. The van der Waals surface area contributed by atoms with Gasteiger partial charge in [-0.25, -0.2) is 0 Å². The summed E-state index contributed by atoms with van der Waals surface area (Å²) in [5.41, 5.74) is 0.